The number of nitrogens with zero attached hydrogens (tertiary/aromatic N) is 2. The van der Waals surface area contributed by atoms with Gasteiger partial charge in [0, 0.05) is 6.07 Å². The van der Waals surface area contributed by atoms with Crippen LogP contribution in [-0.2, 0) is 5.88 Å². The van der Waals surface area contributed by atoms with E-state index in [0.29, 0.717) is 5.52 Å². The van der Waals surface area contributed by atoms with Gasteiger partial charge in [0.05, 0.1) is 17.1 Å². The van der Waals surface area contributed by atoms with Crippen LogP contribution in [0.15, 0.2) is 36.4 Å². The van der Waals surface area contributed by atoms with Crippen molar-refractivity contribution in [3.05, 3.63) is 59.7 Å². The van der Waals surface area contributed by atoms with Crippen molar-refractivity contribution in [3.8, 4) is 5.69 Å². The maximum absolute atomic E-state index is 13.9. The minimum Gasteiger partial charge on any atom is -0.292 e. The molecule has 20 heavy (non-hydrogen) atoms. The molecule has 0 spiro atoms. The van der Waals surface area contributed by atoms with Gasteiger partial charge in [0.1, 0.15) is 23.0 Å². The van der Waals surface area contributed by atoms with Crippen molar-refractivity contribution in [3.63, 3.8) is 0 Å². The van der Waals surface area contributed by atoms with E-state index in [1.165, 1.54) is 16.7 Å². The first-order valence-electron chi connectivity index (χ1n) is 5.79. The Bertz CT molecular complexity index is 798. The summed E-state index contributed by atoms with van der Waals surface area (Å²) in [6.07, 6.45) is 0. The average molecular weight is 297 g/mol. The summed E-state index contributed by atoms with van der Waals surface area (Å²) in [6, 6.07) is 7.35. The Morgan fingerprint density at radius 3 is 2.60 bits per heavy atom. The average Bonchev–Trinajstić information content (AvgIpc) is 2.81. The summed E-state index contributed by atoms with van der Waals surface area (Å²) in [7, 11) is 0. The lowest BCUT2D eigenvalue weighted by atomic mass is 10.2. The van der Waals surface area contributed by atoms with Crippen LogP contribution in [0.4, 0.5) is 13.2 Å². The highest BCUT2D eigenvalue weighted by molar-refractivity contribution is 6.17. The second kappa shape index (κ2) is 4.83. The van der Waals surface area contributed by atoms with E-state index in [2.05, 4.69) is 4.98 Å². The van der Waals surface area contributed by atoms with Gasteiger partial charge in [-0.15, -0.1) is 11.6 Å². The van der Waals surface area contributed by atoms with E-state index in [-0.39, 0.29) is 22.9 Å². The predicted octanol–water partition coefficient (Wildman–Crippen LogP) is 4.18. The third-order valence-corrected chi connectivity index (χ3v) is 3.21. The topological polar surface area (TPSA) is 17.8 Å². The quantitative estimate of drug-likeness (QED) is 0.649. The molecule has 2 aromatic carbocycles. The minimum absolute atomic E-state index is 0.0475. The first-order valence-corrected chi connectivity index (χ1v) is 6.32. The molecule has 0 N–H and O–H groups in total. The number of alkyl halides is 1. The maximum atomic E-state index is 13.9. The van der Waals surface area contributed by atoms with E-state index in [1.54, 1.807) is 6.07 Å². The fraction of sp³-hybridized carbons (Fsp3) is 0.0714. The number of fused-ring (bicyclic) bond motifs is 1. The lowest BCUT2D eigenvalue weighted by molar-refractivity contribution is 0.592. The fourth-order valence-electron chi connectivity index (χ4n) is 2.13. The van der Waals surface area contributed by atoms with Crippen LogP contribution in [0, 0.1) is 17.5 Å². The first kappa shape index (κ1) is 13.0. The summed E-state index contributed by atoms with van der Waals surface area (Å²) in [5, 5.41) is 0. The molecule has 0 fully saturated rings. The van der Waals surface area contributed by atoms with Crippen molar-refractivity contribution < 1.29 is 13.2 Å². The van der Waals surface area contributed by atoms with Crippen molar-refractivity contribution >= 4 is 22.6 Å². The molecule has 1 aromatic heterocycles. The number of para-hydroxylation sites is 1. The Morgan fingerprint density at radius 2 is 1.85 bits per heavy atom. The van der Waals surface area contributed by atoms with E-state index < -0.39 is 17.5 Å². The van der Waals surface area contributed by atoms with E-state index >= 15 is 0 Å². The van der Waals surface area contributed by atoms with Gasteiger partial charge in [0.2, 0.25) is 0 Å². The van der Waals surface area contributed by atoms with Crippen LogP contribution in [0.2, 0.25) is 0 Å². The molecule has 6 heteroatoms. The van der Waals surface area contributed by atoms with Crippen LogP contribution in [0.3, 0.4) is 0 Å². The van der Waals surface area contributed by atoms with E-state index in [1.807, 2.05) is 0 Å². The Hall–Kier alpha value is -2.01. The van der Waals surface area contributed by atoms with Gasteiger partial charge in [-0.3, -0.25) is 4.57 Å². The molecule has 0 atom stereocenters. The molecule has 0 saturated carbocycles. The second-order valence-corrected chi connectivity index (χ2v) is 4.47. The molecule has 3 aromatic rings. The third-order valence-electron chi connectivity index (χ3n) is 2.97. The molecule has 0 radical (unpaired) electrons. The largest absolute Gasteiger partial charge is 0.292 e. The monoisotopic (exact) mass is 296 g/mol. The minimum atomic E-state index is -0.638. The first-order chi connectivity index (χ1) is 9.61. The Kier molecular flexibility index (Phi) is 3.14. The molecule has 0 aliphatic carbocycles. The van der Waals surface area contributed by atoms with Gasteiger partial charge >= 0.3 is 0 Å². The van der Waals surface area contributed by atoms with Gasteiger partial charge in [-0.1, -0.05) is 6.07 Å². The summed E-state index contributed by atoms with van der Waals surface area (Å²) < 4.78 is 42.3. The van der Waals surface area contributed by atoms with Gasteiger partial charge < -0.3 is 0 Å². The molecule has 2 nitrogen and oxygen atoms in total. The van der Waals surface area contributed by atoms with Gasteiger partial charge in [-0.25, -0.2) is 18.2 Å². The molecule has 0 bridgehead atoms. The van der Waals surface area contributed by atoms with Crippen LogP contribution in [-0.4, -0.2) is 9.55 Å². The lowest BCUT2D eigenvalue weighted by Crippen LogP contribution is -2.02. The SMILES string of the molecule is Fc1ccc(F)c(-n2c(CCl)nc3c(F)cccc32)c1. The standard InChI is InChI=1S/C14H8ClF3N2/c15-7-13-19-14-10(18)2-1-3-11(14)20(13)12-6-8(16)4-5-9(12)17/h1-6H,7H2. The number of benzene rings is 2. The van der Waals surface area contributed by atoms with Crippen molar-refractivity contribution in [2.24, 2.45) is 0 Å². The summed E-state index contributed by atoms with van der Waals surface area (Å²) in [5.41, 5.74) is 0.366. The highest BCUT2D eigenvalue weighted by atomic mass is 35.5. The van der Waals surface area contributed by atoms with Gasteiger partial charge in [-0.05, 0) is 24.3 Å². The Morgan fingerprint density at radius 1 is 1.05 bits per heavy atom. The molecule has 0 aliphatic heterocycles. The Balaban J connectivity index is 2.40. The van der Waals surface area contributed by atoms with E-state index in [0.717, 1.165) is 18.2 Å². The van der Waals surface area contributed by atoms with Crippen LogP contribution in [0.1, 0.15) is 5.82 Å². The number of imidazole rings is 1. The molecule has 0 unspecified atom stereocenters. The molecular formula is C14H8ClF3N2. The Labute approximate surface area is 117 Å². The smallest absolute Gasteiger partial charge is 0.151 e. The molecule has 1 heterocycles. The number of aromatic nitrogens is 2. The number of halogens is 4. The van der Waals surface area contributed by atoms with E-state index in [9.17, 15) is 13.2 Å². The number of hydrogen-bond donors (Lipinski definition) is 0. The molecular weight excluding hydrogens is 289 g/mol. The highest BCUT2D eigenvalue weighted by Crippen LogP contribution is 2.26. The van der Waals surface area contributed by atoms with Gasteiger partial charge in [-0.2, -0.15) is 0 Å². The fourth-order valence-corrected chi connectivity index (χ4v) is 2.31. The molecule has 0 saturated heterocycles. The normalized spacial score (nSPS) is 11.2. The van der Waals surface area contributed by atoms with Gasteiger partial charge in [0.15, 0.2) is 5.82 Å². The number of rotatable bonds is 2. The predicted molar refractivity (Wildman–Crippen MR) is 70.5 cm³/mol. The lowest BCUT2D eigenvalue weighted by Gasteiger charge is -2.09. The van der Waals surface area contributed by atoms with Crippen LogP contribution in [0.25, 0.3) is 16.7 Å². The zero-order valence-electron chi connectivity index (χ0n) is 10.1. The zero-order valence-corrected chi connectivity index (χ0v) is 10.8. The molecule has 3 rings (SSSR count). The zero-order chi connectivity index (χ0) is 14.3. The van der Waals surface area contributed by atoms with Crippen LogP contribution < -0.4 is 0 Å². The third kappa shape index (κ3) is 1.94. The van der Waals surface area contributed by atoms with E-state index in [4.69, 9.17) is 11.6 Å². The summed E-state index contributed by atoms with van der Waals surface area (Å²) >= 11 is 5.78. The van der Waals surface area contributed by atoms with Crippen molar-refractivity contribution in [1.29, 1.82) is 0 Å². The molecule has 0 amide bonds. The maximum Gasteiger partial charge on any atom is 0.151 e. The highest BCUT2D eigenvalue weighted by Gasteiger charge is 2.17. The number of hydrogen-bond acceptors (Lipinski definition) is 1. The van der Waals surface area contributed by atoms with Gasteiger partial charge in [0.25, 0.3) is 0 Å². The summed E-state index contributed by atoms with van der Waals surface area (Å²) in [5.74, 6) is -1.58. The van der Waals surface area contributed by atoms with Crippen LogP contribution >= 0.6 is 11.6 Å². The molecule has 0 aliphatic rings. The van der Waals surface area contributed by atoms with Crippen molar-refractivity contribution in [1.82, 2.24) is 9.55 Å². The molecule has 102 valence electrons. The second-order valence-electron chi connectivity index (χ2n) is 4.20. The summed E-state index contributed by atoms with van der Waals surface area (Å²) in [4.78, 5) is 4.04. The van der Waals surface area contributed by atoms with Crippen LogP contribution in [0.5, 0.6) is 0 Å². The van der Waals surface area contributed by atoms with Crippen molar-refractivity contribution in [2.75, 3.05) is 0 Å². The summed E-state index contributed by atoms with van der Waals surface area (Å²) in [6.45, 7) is 0. The van der Waals surface area contributed by atoms with Crippen molar-refractivity contribution in [2.45, 2.75) is 5.88 Å².